The third kappa shape index (κ3) is 3.58. The number of aromatic nitrogens is 2. The van der Waals surface area contributed by atoms with E-state index in [1.54, 1.807) is 19.1 Å². The number of rotatable bonds is 8. The zero-order chi connectivity index (χ0) is 21.1. The number of hydrogen-bond acceptors (Lipinski definition) is 5. The number of aromatic amines is 1. The summed E-state index contributed by atoms with van der Waals surface area (Å²) >= 11 is 0. The fourth-order valence-corrected chi connectivity index (χ4v) is 3.87. The number of carbonyl (C=O) groups excluding carboxylic acids is 1. The fourth-order valence-electron chi connectivity index (χ4n) is 3.87. The second-order valence-corrected chi connectivity index (χ2v) is 6.99. The van der Waals surface area contributed by atoms with Crippen molar-refractivity contribution in [3.8, 4) is 17.0 Å². The number of nitrogens with one attached hydrogen (secondary N) is 1. The van der Waals surface area contributed by atoms with Gasteiger partial charge in [-0.1, -0.05) is 30.3 Å². The van der Waals surface area contributed by atoms with Crippen LogP contribution in [0, 0.1) is 0 Å². The lowest BCUT2D eigenvalue weighted by Gasteiger charge is -2.29. The third-order valence-corrected chi connectivity index (χ3v) is 5.29. The summed E-state index contributed by atoms with van der Waals surface area (Å²) in [6.45, 7) is 2.86. The lowest BCUT2D eigenvalue weighted by molar-refractivity contribution is -0.113. The van der Waals surface area contributed by atoms with E-state index in [-0.39, 0.29) is 11.9 Å². The van der Waals surface area contributed by atoms with Gasteiger partial charge >= 0.3 is 0 Å². The number of H-pyrrole nitrogens is 1. The van der Waals surface area contributed by atoms with Crippen molar-refractivity contribution in [3.63, 3.8) is 0 Å². The Labute approximate surface area is 175 Å². The van der Waals surface area contributed by atoms with Gasteiger partial charge in [0.1, 0.15) is 11.4 Å². The van der Waals surface area contributed by atoms with Crippen molar-refractivity contribution in [2.24, 2.45) is 0 Å². The summed E-state index contributed by atoms with van der Waals surface area (Å²) < 4.78 is 16.3. The molecule has 0 aliphatic carbocycles. The average molecular weight is 407 g/mol. The highest BCUT2D eigenvalue weighted by Crippen LogP contribution is 2.43. The molecular formula is C23H25N3O4. The molecule has 1 aliphatic rings. The van der Waals surface area contributed by atoms with E-state index >= 15 is 0 Å². The minimum absolute atomic E-state index is 0.123. The number of amides is 1. The smallest absolute Gasteiger partial charge is 0.273 e. The standard InChI is InChI=1S/C23H25N3O4/c1-4-30-17-12-10-15(11-13-17)20-19-21(25-24-20)23(27)26(14-18(28-2)29-3)22(19)16-8-6-5-7-9-16/h5-13,18,22H,4,14H2,1-3H3,(H,24,25). The number of benzene rings is 2. The predicted molar refractivity (Wildman–Crippen MR) is 112 cm³/mol. The van der Waals surface area contributed by atoms with Crippen molar-refractivity contribution in [2.75, 3.05) is 27.4 Å². The van der Waals surface area contributed by atoms with Gasteiger partial charge in [-0.05, 0) is 36.8 Å². The molecule has 0 bridgehead atoms. The Balaban J connectivity index is 1.78. The van der Waals surface area contributed by atoms with E-state index in [0.717, 1.165) is 28.1 Å². The summed E-state index contributed by atoms with van der Waals surface area (Å²) in [7, 11) is 3.14. The monoisotopic (exact) mass is 407 g/mol. The summed E-state index contributed by atoms with van der Waals surface area (Å²) in [5, 5.41) is 7.45. The minimum atomic E-state index is -0.522. The highest BCUT2D eigenvalue weighted by molar-refractivity contribution is 6.00. The molecule has 0 spiro atoms. The van der Waals surface area contributed by atoms with Crippen molar-refractivity contribution in [2.45, 2.75) is 19.3 Å². The summed E-state index contributed by atoms with van der Waals surface area (Å²) in [6.07, 6.45) is -0.522. The first-order valence-corrected chi connectivity index (χ1v) is 9.90. The molecule has 2 heterocycles. The van der Waals surface area contributed by atoms with Crippen LogP contribution in [-0.4, -0.2) is 54.7 Å². The molecule has 1 aromatic heterocycles. The van der Waals surface area contributed by atoms with Gasteiger partial charge in [-0.15, -0.1) is 0 Å². The number of hydrogen-bond donors (Lipinski definition) is 1. The first-order valence-electron chi connectivity index (χ1n) is 9.90. The normalized spacial score (nSPS) is 15.7. The lowest BCUT2D eigenvalue weighted by Crippen LogP contribution is -2.38. The summed E-state index contributed by atoms with van der Waals surface area (Å²) in [5.74, 6) is 0.677. The van der Waals surface area contributed by atoms with Gasteiger partial charge in [0.2, 0.25) is 0 Å². The SMILES string of the molecule is CCOc1ccc(-c2n[nH]c3c2C(c2ccccc2)N(CC(OC)OC)C3=O)cc1. The Morgan fingerprint density at radius 3 is 2.40 bits per heavy atom. The molecule has 1 unspecified atom stereocenters. The maximum atomic E-state index is 13.3. The number of methoxy groups -OCH3 is 2. The first kappa shape index (κ1) is 20.1. The molecule has 2 aromatic carbocycles. The predicted octanol–water partition coefficient (Wildman–Crippen LogP) is 3.64. The lowest BCUT2D eigenvalue weighted by atomic mass is 9.96. The van der Waals surface area contributed by atoms with Gasteiger partial charge in [-0.3, -0.25) is 9.89 Å². The van der Waals surface area contributed by atoms with Gasteiger partial charge in [0, 0.05) is 25.3 Å². The molecule has 7 heteroatoms. The van der Waals surface area contributed by atoms with Crippen LogP contribution in [0.5, 0.6) is 5.75 Å². The maximum absolute atomic E-state index is 13.3. The van der Waals surface area contributed by atoms with Gasteiger partial charge in [0.15, 0.2) is 6.29 Å². The zero-order valence-electron chi connectivity index (χ0n) is 17.3. The van der Waals surface area contributed by atoms with Crippen molar-refractivity contribution in [1.82, 2.24) is 15.1 Å². The van der Waals surface area contributed by atoms with E-state index in [9.17, 15) is 4.79 Å². The Morgan fingerprint density at radius 1 is 1.07 bits per heavy atom. The molecule has 156 valence electrons. The molecule has 1 aliphatic heterocycles. The van der Waals surface area contributed by atoms with Crippen LogP contribution in [0.1, 0.15) is 34.6 Å². The Bertz CT molecular complexity index is 997. The van der Waals surface area contributed by atoms with Gasteiger partial charge in [-0.25, -0.2) is 0 Å². The maximum Gasteiger partial charge on any atom is 0.273 e. The van der Waals surface area contributed by atoms with E-state index in [0.29, 0.717) is 18.8 Å². The van der Waals surface area contributed by atoms with Crippen LogP contribution in [0.15, 0.2) is 54.6 Å². The van der Waals surface area contributed by atoms with Gasteiger partial charge in [0.25, 0.3) is 5.91 Å². The van der Waals surface area contributed by atoms with Crippen molar-refractivity contribution in [1.29, 1.82) is 0 Å². The minimum Gasteiger partial charge on any atom is -0.494 e. The van der Waals surface area contributed by atoms with E-state index in [1.165, 1.54) is 0 Å². The molecule has 1 amide bonds. The van der Waals surface area contributed by atoms with Crippen LogP contribution >= 0.6 is 0 Å². The number of fused-ring (bicyclic) bond motifs is 1. The van der Waals surface area contributed by atoms with Crippen LogP contribution < -0.4 is 4.74 Å². The molecule has 30 heavy (non-hydrogen) atoms. The van der Waals surface area contributed by atoms with Gasteiger partial charge in [0.05, 0.1) is 24.9 Å². The van der Waals surface area contributed by atoms with Crippen LogP contribution in [-0.2, 0) is 9.47 Å². The second-order valence-electron chi connectivity index (χ2n) is 6.99. The van der Waals surface area contributed by atoms with E-state index in [2.05, 4.69) is 10.2 Å². The van der Waals surface area contributed by atoms with Crippen LogP contribution in [0.2, 0.25) is 0 Å². The van der Waals surface area contributed by atoms with Gasteiger partial charge in [-0.2, -0.15) is 5.10 Å². The third-order valence-electron chi connectivity index (χ3n) is 5.29. The average Bonchev–Trinajstić information content (AvgIpc) is 3.32. The highest BCUT2D eigenvalue weighted by atomic mass is 16.7. The molecule has 3 aromatic rings. The Hall–Kier alpha value is -3.16. The van der Waals surface area contributed by atoms with Crippen molar-refractivity contribution < 1.29 is 19.0 Å². The molecule has 1 N–H and O–H groups in total. The molecular weight excluding hydrogens is 382 g/mol. The van der Waals surface area contributed by atoms with E-state index < -0.39 is 6.29 Å². The zero-order valence-corrected chi connectivity index (χ0v) is 17.3. The van der Waals surface area contributed by atoms with E-state index in [4.69, 9.17) is 14.2 Å². The molecule has 7 nitrogen and oxygen atoms in total. The van der Waals surface area contributed by atoms with Crippen LogP contribution in [0.3, 0.4) is 0 Å². The second kappa shape index (κ2) is 8.69. The Morgan fingerprint density at radius 2 is 1.77 bits per heavy atom. The summed E-state index contributed by atoms with van der Waals surface area (Å²) in [4.78, 5) is 15.0. The summed E-state index contributed by atoms with van der Waals surface area (Å²) in [5.41, 5.74) is 4.04. The largest absolute Gasteiger partial charge is 0.494 e. The number of ether oxygens (including phenoxy) is 3. The molecule has 0 fully saturated rings. The van der Waals surface area contributed by atoms with Crippen molar-refractivity contribution >= 4 is 5.91 Å². The van der Waals surface area contributed by atoms with Crippen LogP contribution in [0.4, 0.5) is 0 Å². The summed E-state index contributed by atoms with van der Waals surface area (Å²) in [6, 6.07) is 17.4. The van der Waals surface area contributed by atoms with E-state index in [1.807, 2.05) is 61.5 Å². The van der Waals surface area contributed by atoms with Crippen LogP contribution in [0.25, 0.3) is 11.3 Å². The first-order chi connectivity index (χ1) is 14.7. The number of nitrogens with zero attached hydrogens (tertiary/aromatic N) is 2. The molecule has 0 saturated carbocycles. The fraction of sp³-hybridized carbons (Fsp3) is 0.304. The van der Waals surface area contributed by atoms with Crippen molar-refractivity contribution in [3.05, 3.63) is 71.4 Å². The molecule has 4 rings (SSSR count). The molecule has 1 atom stereocenters. The molecule has 0 radical (unpaired) electrons. The number of carbonyl (C=O) groups is 1. The topological polar surface area (TPSA) is 76.7 Å². The quantitative estimate of drug-likeness (QED) is 0.577. The van der Waals surface area contributed by atoms with Gasteiger partial charge < -0.3 is 19.1 Å². The molecule has 0 saturated heterocycles. The highest BCUT2D eigenvalue weighted by Gasteiger charge is 2.43. The Kier molecular flexibility index (Phi) is 5.83.